The van der Waals surface area contributed by atoms with E-state index in [-0.39, 0.29) is 6.04 Å². The van der Waals surface area contributed by atoms with E-state index in [0.29, 0.717) is 39.3 Å². The Morgan fingerprint density at radius 1 is 1.10 bits per heavy atom. The van der Waals surface area contributed by atoms with Gasteiger partial charge in [-0.1, -0.05) is 6.42 Å². The highest BCUT2D eigenvalue weighted by atomic mass is 32.2. The average Bonchev–Trinajstić information content (AvgIpc) is 2.37. The van der Waals surface area contributed by atoms with E-state index >= 15 is 0 Å². The lowest BCUT2D eigenvalue weighted by molar-refractivity contribution is 0.0256. The molecule has 0 spiro atoms. The number of rotatable bonds is 4. The number of hydrogen-bond donors (Lipinski definition) is 1. The van der Waals surface area contributed by atoms with Gasteiger partial charge >= 0.3 is 0 Å². The molecule has 0 aromatic carbocycles. The van der Waals surface area contributed by atoms with E-state index in [1.165, 1.54) is 0 Å². The summed E-state index contributed by atoms with van der Waals surface area (Å²) in [7, 11) is -3.32. The zero-order valence-corrected chi connectivity index (χ0v) is 14.3. The van der Waals surface area contributed by atoms with Gasteiger partial charge < -0.3 is 5.11 Å². The van der Waals surface area contributed by atoms with E-state index in [0.717, 1.165) is 19.3 Å². The Balaban J connectivity index is 1.94. The molecule has 0 aliphatic carbocycles. The summed E-state index contributed by atoms with van der Waals surface area (Å²) in [6.45, 7) is 9.20. The maximum atomic E-state index is 12.7. The van der Waals surface area contributed by atoms with Gasteiger partial charge in [0.1, 0.15) is 0 Å². The van der Waals surface area contributed by atoms with Crippen molar-refractivity contribution in [2.45, 2.75) is 51.7 Å². The Morgan fingerprint density at radius 3 is 2.24 bits per heavy atom. The molecule has 2 aliphatic heterocycles. The summed E-state index contributed by atoms with van der Waals surface area (Å²) in [4.78, 5) is 2.13. The van der Waals surface area contributed by atoms with Gasteiger partial charge in [-0.2, -0.15) is 17.0 Å². The van der Waals surface area contributed by atoms with Crippen molar-refractivity contribution in [3.63, 3.8) is 0 Å². The van der Waals surface area contributed by atoms with Crippen LogP contribution in [0.1, 0.15) is 40.0 Å². The molecule has 0 bridgehead atoms. The molecule has 2 rings (SSSR count). The highest BCUT2D eigenvalue weighted by Gasteiger charge is 2.36. The number of nitrogens with zero attached hydrogens (tertiary/aromatic N) is 3. The predicted octanol–water partition coefficient (Wildman–Crippen LogP) is 0.494. The molecular weight excluding hydrogens is 290 g/mol. The first-order valence-electron chi connectivity index (χ1n) is 7.92. The second-order valence-electron chi connectivity index (χ2n) is 6.95. The van der Waals surface area contributed by atoms with E-state index in [1.54, 1.807) is 22.5 Å². The lowest BCUT2D eigenvalue weighted by Crippen LogP contribution is -2.56. The lowest BCUT2D eigenvalue weighted by atomic mass is 10.1. The Kier molecular flexibility index (Phi) is 5.31. The zero-order chi connectivity index (χ0) is 15.7. The van der Waals surface area contributed by atoms with Crippen molar-refractivity contribution in [2.24, 2.45) is 0 Å². The molecule has 1 N–H and O–H groups in total. The molecule has 1 atom stereocenters. The van der Waals surface area contributed by atoms with Crippen LogP contribution in [0.4, 0.5) is 0 Å². The van der Waals surface area contributed by atoms with Crippen LogP contribution in [0.5, 0.6) is 0 Å². The molecule has 1 unspecified atom stereocenters. The maximum absolute atomic E-state index is 12.7. The van der Waals surface area contributed by atoms with Crippen molar-refractivity contribution in [1.29, 1.82) is 0 Å². The molecule has 0 amide bonds. The van der Waals surface area contributed by atoms with E-state index in [9.17, 15) is 13.5 Å². The molecule has 2 aliphatic rings. The number of piperidine rings is 1. The molecule has 2 fully saturated rings. The van der Waals surface area contributed by atoms with Gasteiger partial charge in [-0.25, -0.2) is 0 Å². The van der Waals surface area contributed by atoms with Crippen LogP contribution in [0.25, 0.3) is 0 Å². The first-order chi connectivity index (χ1) is 9.70. The third kappa shape index (κ3) is 4.39. The number of piperazine rings is 1. The quantitative estimate of drug-likeness (QED) is 0.819. The van der Waals surface area contributed by atoms with Gasteiger partial charge in [0, 0.05) is 45.3 Å². The summed E-state index contributed by atoms with van der Waals surface area (Å²) < 4.78 is 28.7. The molecule has 0 radical (unpaired) electrons. The van der Waals surface area contributed by atoms with Gasteiger partial charge in [0.05, 0.1) is 5.60 Å². The van der Waals surface area contributed by atoms with Crippen molar-refractivity contribution >= 4 is 10.2 Å². The minimum absolute atomic E-state index is 0.109. The molecule has 0 aromatic rings. The van der Waals surface area contributed by atoms with Crippen LogP contribution in [0.3, 0.4) is 0 Å². The van der Waals surface area contributed by atoms with Crippen LogP contribution in [0.15, 0.2) is 0 Å². The highest BCUT2D eigenvalue weighted by Crippen LogP contribution is 2.23. The Hall–Kier alpha value is -0.210. The summed E-state index contributed by atoms with van der Waals surface area (Å²) >= 11 is 0. The third-order valence-corrected chi connectivity index (χ3v) is 6.46. The fourth-order valence-electron chi connectivity index (χ4n) is 3.23. The molecule has 21 heavy (non-hydrogen) atoms. The van der Waals surface area contributed by atoms with E-state index in [4.69, 9.17) is 0 Å². The van der Waals surface area contributed by atoms with Gasteiger partial charge in [-0.05, 0) is 33.6 Å². The van der Waals surface area contributed by atoms with E-state index in [2.05, 4.69) is 4.90 Å². The van der Waals surface area contributed by atoms with Gasteiger partial charge in [0.15, 0.2) is 0 Å². The first-order valence-corrected chi connectivity index (χ1v) is 9.31. The average molecular weight is 319 g/mol. The number of aliphatic hydroxyl groups is 1. The number of β-amino-alcohol motifs (C(OH)–C–C–N with tert-alkyl or cyclic N) is 1. The standard InChI is InChI=1S/C14H29N3O3S/c1-13-6-4-5-7-17(13)21(19,20)16-10-8-15(9-11-16)12-14(2,3)18/h13,18H,4-12H2,1-3H3. The van der Waals surface area contributed by atoms with Crippen molar-refractivity contribution in [1.82, 2.24) is 13.5 Å². The van der Waals surface area contributed by atoms with E-state index in [1.807, 2.05) is 6.92 Å². The van der Waals surface area contributed by atoms with Crippen molar-refractivity contribution in [2.75, 3.05) is 39.3 Å². The van der Waals surface area contributed by atoms with Crippen LogP contribution in [-0.4, -0.2) is 77.9 Å². The lowest BCUT2D eigenvalue weighted by Gasteiger charge is -2.41. The molecule has 0 saturated carbocycles. The van der Waals surface area contributed by atoms with Crippen LogP contribution in [0, 0.1) is 0 Å². The van der Waals surface area contributed by atoms with Crippen LogP contribution < -0.4 is 0 Å². The van der Waals surface area contributed by atoms with Crippen LogP contribution in [0.2, 0.25) is 0 Å². The van der Waals surface area contributed by atoms with E-state index < -0.39 is 15.8 Å². The maximum Gasteiger partial charge on any atom is 0.282 e. The monoisotopic (exact) mass is 319 g/mol. The van der Waals surface area contributed by atoms with Gasteiger partial charge in [-0.3, -0.25) is 4.90 Å². The molecule has 7 heteroatoms. The van der Waals surface area contributed by atoms with Crippen LogP contribution in [-0.2, 0) is 10.2 Å². The SMILES string of the molecule is CC1CCCCN1S(=O)(=O)N1CCN(CC(C)(C)O)CC1. The summed E-state index contributed by atoms with van der Waals surface area (Å²) in [5, 5.41) is 9.85. The third-order valence-electron chi connectivity index (χ3n) is 4.31. The molecule has 2 heterocycles. The summed E-state index contributed by atoms with van der Waals surface area (Å²) in [6.07, 6.45) is 3.03. The molecule has 124 valence electrons. The molecule has 0 aromatic heterocycles. The second-order valence-corrected chi connectivity index (χ2v) is 8.83. The van der Waals surface area contributed by atoms with Gasteiger partial charge in [-0.15, -0.1) is 0 Å². The predicted molar refractivity (Wildman–Crippen MR) is 83.2 cm³/mol. The fourth-order valence-corrected chi connectivity index (χ4v) is 5.07. The molecular formula is C14H29N3O3S. The minimum atomic E-state index is -3.32. The highest BCUT2D eigenvalue weighted by molar-refractivity contribution is 7.86. The Bertz CT molecular complexity index is 439. The first kappa shape index (κ1) is 17.1. The normalized spacial score (nSPS) is 27.9. The zero-order valence-electron chi connectivity index (χ0n) is 13.5. The minimum Gasteiger partial charge on any atom is -0.389 e. The molecule has 6 nitrogen and oxygen atoms in total. The summed E-state index contributed by atoms with van der Waals surface area (Å²) in [5.41, 5.74) is -0.734. The van der Waals surface area contributed by atoms with Crippen molar-refractivity contribution < 1.29 is 13.5 Å². The summed E-state index contributed by atoms with van der Waals surface area (Å²) in [6, 6.07) is 0.109. The second kappa shape index (κ2) is 6.50. The fraction of sp³-hybridized carbons (Fsp3) is 1.00. The van der Waals surface area contributed by atoms with Crippen molar-refractivity contribution in [3.8, 4) is 0 Å². The topological polar surface area (TPSA) is 64.1 Å². The van der Waals surface area contributed by atoms with Gasteiger partial charge in [0.2, 0.25) is 0 Å². The van der Waals surface area contributed by atoms with Gasteiger partial charge in [0.25, 0.3) is 10.2 Å². The Morgan fingerprint density at radius 2 is 1.71 bits per heavy atom. The Labute approximate surface area is 128 Å². The number of hydrogen-bond acceptors (Lipinski definition) is 4. The molecule has 2 saturated heterocycles. The smallest absolute Gasteiger partial charge is 0.282 e. The van der Waals surface area contributed by atoms with Crippen molar-refractivity contribution in [3.05, 3.63) is 0 Å². The largest absolute Gasteiger partial charge is 0.389 e. The van der Waals surface area contributed by atoms with Crippen LogP contribution >= 0.6 is 0 Å². The summed E-state index contributed by atoms with van der Waals surface area (Å²) in [5.74, 6) is 0.